The summed E-state index contributed by atoms with van der Waals surface area (Å²) in [6.45, 7) is 5.14. The summed E-state index contributed by atoms with van der Waals surface area (Å²) in [5.74, 6) is -0.206. The highest BCUT2D eigenvalue weighted by Gasteiger charge is 2.18. The molecule has 1 unspecified atom stereocenters. The molecule has 108 valence electrons. The van der Waals surface area contributed by atoms with Gasteiger partial charge in [0.25, 0.3) is 0 Å². The van der Waals surface area contributed by atoms with Gasteiger partial charge in [0, 0.05) is 7.05 Å². The number of aromatic nitrogens is 2. The van der Waals surface area contributed by atoms with E-state index in [1.165, 1.54) is 12.1 Å². The molecule has 1 aromatic heterocycles. The zero-order valence-corrected chi connectivity index (χ0v) is 12.4. The lowest BCUT2D eigenvalue weighted by molar-refractivity contribution is 0.551. The van der Waals surface area contributed by atoms with Crippen molar-refractivity contribution in [3.05, 3.63) is 53.1 Å². The third-order valence-electron chi connectivity index (χ3n) is 3.43. The maximum absolute atomic E-state index is 13.1. The van der Waals surface area contributed by atoms with Gasteiger partial charge in [-0.15, -0.1) is 0 Å². The standard InChI is InChI=1S/C16H22FN3/c1-4-10-18-16(12-6-8-13(17)9-7-12)15-11-14(5-2)19-20(15)3/h6-9,11,16,18H,4-5,10H2,1-3H3. The molecule has 2 rings (SSSR count). The molecule has 1 heterocycles. The molecule has 20 heavy (non-hydrogen) atoms. The SMILES string of the molecule is CCCNC(c1ccc(F)cc1)c1cc(CC)nn1C. The molecule has 0 aliphatic rings. The highest BCUT2D eigenvalue weighted by molar-refractivity contribution is 5.29. The Kier molecular flexibility index (Phi) is 4.90. The normalized spacial score (nSPS) is 12.6. The van der Waals surface area contributed by atoms with Crippen molar-refractivity contribution in [2.45, 2.75) is 32.7 Å². The topological polar surface area (TPSA) is 29.9 Å². The first-order valence-electron chi connectivity index (χ1n) is 7.17. The van der Waals surface area contributed by atoms with Crippen molar-refractivity contribution in [2.24, 2.45) is 7.05 Å². The van der Waals surface area contributed by atoms with Crippen LogP contribution < -0.4 is 5.32 Å². The second-order valence-corrected chi connectivity index (χ2v) is 4.98. The second-order valence-electron chi connectivity index (χ2n) is 4.98. The lowest BCUT2D eigenvalue weighted by atomic mass is 10.0. The van der Waals surface area contributed by atoms with Gasteiger partial charge in [-0.1, -0.05) is 26.0 Å². The van der Waals surface area contributed by atoms with E-state index in [0.717, 1.165) is 36.3 Å². The van der Waals surface area contributed by atoms with E-state index in [1.807, 2.05) is 23.9 Å². The molecule has 0 amide bonds. The van der Waals surface area contributed by atoms with Crippen LogP contribution in [0, 0.1) is 5.82 Å². The van der Waals surface area contributed by atoms with Crippen molar-refractivity contribution in [3.8, 4) is 0 Å². The van der Waals surface area contributed by atoms with Crippen molar-refractivity contribution in [3.63, 3.8) is 0 Å². The van der Waals surface area contributed by atoms with Gasteiger partial charge in [0.05, 0.1) is 17.4 Å². The Morgan fingerprint density at radius 3 is 2.50 bits per heavy atom. The predicted molar refractivity (Wildman–Crippen MR) is 79.1 cm³/mol. The molecule has 1 N–H and O–H groups in total. The Bertz CT molecular complexity index is 545. The maximum Gasteiger partial charge on any atom is 0.123 e. The van der Waals surface area contributed by atoms with Crippen LogP contribution in [0.2, 0.25) is 0 Å². The van der Waals surface area contributed by atoms with E-state index in [4.69, 9.17) is 0 Å². The van der Waals surface area contributed by atoms with E-state index < -0.39 is 0 Å². The van der Waals surface area contributed by atoms with Crippen molar-refractivity contribution in [1.29, 1.82) is 0 Å². The summed E-state index contributed by atoms with van der Waals surface area (Å²) in [4.78, 5) is 0. The summed E-state index contributed by atoms with van der Waals surface area (Å²) < 4.78 is 15.0. The largest absolute Gasteiger partial charge is 0.305 e. The van der Waals surface area contributed by atoms with Crippen LogP contribution in [0.25, 0.3) is 0 Å². The summed E-state index contributed by atoms with van der Waals surface area (Å²) in [5.41, 5.74) is 3.25. The molecule has 0 bridgehead atoms. The Labute approximate surface area is 119 Å². The molecule has 3 nitrogen and oxygen atoms in total. The van der Waals surface area contributed by atoms with Gasteiger partial charge in [0.15, 0.2) is 0 Å². The number of hydrogen-bond acceptors (Lipinski definition) is 2. The number of nitrogens with zero attached hydrogens (tertiary/aromatic N) is 2. The van der Waals surface area contributed by atoms with Crippen LogP contribution in [-0.4, -0.2) is 16.3 Å². The van der Waals surface area contributed by atoms with Crippen LogP contribution in [0.4, 0.5) is 4.39 Å². The third kappa shape index (κ3) is 3.25. The number of hydrogen-bond donors (Lipinski definition) is 1. The first kappa shape index (κ1) is 14.7. The van der Waals surface area contributed by atoms with Gasteiger partial charge >= 0.3 is 0 Å². The monoisotopic (exact) mass is 275 g/mol. The number of halogens is 1. The Morgan fingerprint density at radius 1 is 1.25 bits per heavy atom. The van der Waals surface area contributed by atoms with E-state index in [9.17, 15) is 4.39 Å². The molecule has 1 atom stereocenters. The Morgan fingerprint density at radius 2 is 1.95 bits per heavy atom. The van der Waals surface area contributed by atoms with Gasteiger partial charge in [0.2, 0.25) is 0 Å². The summed E-state index contributed by atoms with van der Waals surface area (Å²) in [6.07, 6.45) is 1.97. The van der Waals surface area contributed by atoms with E-state index in [1.54, 1.807) is 0 Å². The molecule has 4 heteroatoms. The zero-order valence-electron chi connectivity index (χ0n) is 12.4. The molecular formula is C16H22FN3. The van der Waals surface area contributed by atoms with E-state index in [0.29, 0.717) is 0 Å². The highest BCUT2D eigenvalue weighted by atomic mass is 19.1. The van der Waals surface area contributed by atoms with Gasteiger partial charge in [0.1, 0.15) is 5.82 Å². The molecule has 0 fully saturated rings. The quantitative estimate of drug-likeness (QED) is 0.877. The molecule has 1 aromatic carbocycles. The molecule has 0 spiro atoms. The van der Waals surface area contributed by atoms with Crippen molar-refractivity contribution >= 4 is 0 Å². The lowest BCUT2D eigenvalue weighted by Gasteiger charge is -2.19. The fourth-order valence-electron chi connectivity index (χ4n) is 2.32. The van der Waals surface area contributed by atoms with E-state index >= 15 is 0 Å². The van der Waals surface area contributed by atoms with Gasteiger partial charge in [-0.05, 0) is 43.1 Å². The minimum Gasteiger partial charge on any atom is -0.305 e. The lowest BCUT2D eigenvalue weighted by Crippen LogP contribution is -2.25. The van der Waals surface area contributed by atoms with Crippen LogP contribution in [-0.2, 0) is 13.5 Å². The molecule has 2 aromatic rings. The smallest absolute Gasteiger partial charge is 0.123 e. The summed E-state index contributed by atoms with van der Waals surface area (Å²) in [6, 6.07) is 8.85. The van der Waals surface area contributed by atoms with E-state index in [-0.39, 0.29) is 11.9 Å². The van der Waals surface area contributed by atoms with Crippen molar-refractivity contribution in [2.75, 3.05) is 6.54 Å². The molecule has 0 aliphatic carbocycles. The Balaban J connectivity index is 2.35. The fourth-order valence-corrected chi connectivity index (χ4v) is 2.32. The van der Waals surface area contributed by atoms with Crippen LogP contribution in [0.3, 0.4) is 0 Å². The fraction of sp³-hybridized carbons (Fsp3) is 0.438. The summed E-state index contributed by atoms with van der Waals surface area (Å²) in [7, 11) is 1.96. The molecule has 0 radical (unpaired) electrons. The number of nitrogens with one attached hydrogen (secondary N) is 1. The van der Waals surface area contributed by atoms with Gasteiger partial charge in [-0.3, -0.25) is 4.68 Å². The average molecular weight is 275 g/mol. The molecule has 0 saturated heterocycles. The highest BCUT2D eigenvalue weighted by Crippen LogP contribution is 2.23. The zero-order chi connectivity index (χ0) is 14.5. The Hall–Kier alpha value is -1.68. The van der Waals surface area contributed by atoms with Crippen molar-refractivity contribution < 1.29 is 4.39 Å². The molecule has 0 aliphatic heterocycles. The molecule has 0 saturated carbocycles. The first-order valence-corrected chi connectivity index (χ1v) is 7.17. The summed E-state index contributed by atoms with van der Waals surface area (Å²) in [5, 5.41) is 8.02. The second kappa shape index (κ2) is 6.66. The van der Waals surface area contributed by atoms with Gasteiger partial charge in [-0.2, -0.15) is 5.10 Å². The number of rotatable bonds is 6. The number of aryl methyl sites for hydroxylation is 2. The van der Waals surface area contributed by atoms with Gasteiger partial charge < -0.3 is 5.32 Å². The van der Waals surface area contributed by atoms with Gasteiger partial charge in [-0.25, -0.2) is 4.39 Å². The number of benzene rings is 1. The minimum absolute atomic E-state index is 0.0494. The molecular weight excluding hydrogens is 253 g/mol. The van der Waals surface area contributed by atoms with Crippen molar-refractivity contribution in [1.82, 2.24) is 15.1 Å². The predicted octanol–water partition coefficient (Wildman–Crippen LogP) is 3.21. The van der Waals surface area contributed by atoms with E-state index in [2.05, 4.69) is 30.3 Å². The van der Waals surface area contributed by atoms with Crippen LogP contribution in [0.5, 0.6) is 0 Å². The average Bonchev–Trinajstić information content (AvgIpc) is 2.82. The van der Waals surface area contributed by atoms with Crippen LogP contribution >= 0.6 is 0 Å². The maximum atomic E-state index is 13.1. The summed E-state index contributed by atoms with van der Waals surface area (Å²) >= 11 is 0. The van der Waals surface area contributed by atoms with Crippen LogP contribution in [0.15, 0.2) is 30.3 Å². The minimum atomic E-state index is -0.206. The first-order chi connectivity index (χ1) is 9.65. The third-order valence-corrected chi connectivity index (χ3v) is 3.43. The van der Waals surface area contributed by atoms with Crippen LogP contribution in [0.1, 0.15) is 43.3 Å².